The van der Waals surface area contributed by atoms with Crippen molar-refractivity contribution >= 4 is 5.91 Å². The van der Waals surface area contributed by atoms with Crippen molar-refractivity contribution in [2.24, 2.45) is 0 Å². The highest BCUT2D eigenvalue weighted by atomic mass is 16.1. The smallest absolute Gasteiger partial charge is 0.224 e. The maximum atomic E-state index is 12.3. The summed E-state index contributed by atoms with van der Waals surface area (Å²) in [5.74, 6) is 1.25. The monoisotopic (exact) mass is 297 g/mol. The van der Waals surface area contributed by atoms with Crippen molar-refractivity contribution in [2.75, 3.05) is 0 Å². The molecule has 0 saturated carbocycles. The second kappa shape index (κ2) is 5.95. The van der Waals surface area contributed by atoms with Crippen molar-refractivity contribution in [3.05, 3.63) is 52.6 Å². The van der Waals surface area contributed by atoms with Crippen molar-refractivity contribution in [1.82, 2.24) is 14.9 Å². The van der Waals surface area contributed by atoms with Crippen molar-refractivity contribution in [1.29, 1.82) is 0 Å². The van der Waals surface area contributed by atoms with Crippen LogP contribution in [0.2, 0.25) is 0 Å². The summed E-state index contributed by atoms with van der Waals surface area (Å²) in [7, 11) is 0. The number of carbonyl (C=O) groups is 1. The molecule has 0 unspecified atom stereocenters. The maximum absolute atomic E-state index is 12.3. The van der Waals surface area contributed by atoms with Crippen LogP contribution in [0.3, 0.4) is 0 Å². The number of imidazole rings is 1. The van der Waals surface area contributed by atoms with Crippen LogP contribution in [0.15, 0.2) is 24.4 Å². The van der Waals surface area contributed by atoms with Crippen molar-refractivity contribution in [2.45, 2.75) is 52.6 Å². The molecule has 4 heteroatoms. The van der Waals surface area contributed by atoms with E-state index < -0.39 is 0 Å². The number of fused-ring (bicyclic) bond motifs is 1. The molecule has 1 aliphatic rings. The van der Waals surface area contributed by atoms with Crippen molar-refractivity contribution < 1.29 is 4.79 Å². The fraction of sp³-hybridized carbons (Fsp3) is 0.444. The number of amides is 1. The van der Waals surface area contributed by atoms with Crippen LogP contribution in [0.5, 0.6) is 0 Å². The van der Waals surface area contributed by atoms with Gasteiger partial charge in [0.1, 0.15) is 5.82 Å². The number of carbonyl (C=O) groups excluding carboxylic acids is 1. The molecule has 1 amide bonds. The van der Waals surface area contributed by atoms with Gasteiger partial charge in [0.2, 0.25) is 5.91 Å². The number of nitrogens with zero attached hydrogens (tertiary/aromatic N) is 2. The highest BCUT2D eigenvalue weighted by molar-refractivity contribution is 5.79. The molecule has 2 heterocycles. The Morgan fingerprint density at radius 3 is 3.00 bits per heavy atom. The molecule has 0 bridgehead atoms. The average Bonchev–Trinajstić information content (AvgIpc) is 2.82. The molecule has 0 radical (unpaired) electrons. The molecule has 1 aliphatic heterocycles. The summed E-state index contributed by atoms with van der Waals surface area (Å²) in [5.41, 5.74) is 4.55. The van der Waals surface area contributed by atoms with Gasteiger partial charge in [-0.15, -0.1) is 0 Å². The normalized spacial score (nSPS) is 17.1. The number of aryl methyl sites for hydroxylation is 4. The minimum absolute atomic E-state index is 0.110. The van der Waals surface area contributed by atoms with Crippen LogP contribution in [0, 0.1) is 20.8 Å². The zero-order valence-corrected chi connectivity index (χ0v) is 13.5. The van der Waals surface area contributed by atoms with Gasteiger partial charge < -0.3 is 9.88 Å². The van der Waals surface area contributed by atoms with Gasteiger partial charge in [0.15, 0.2) is 0 Å². The Hall–Kier alpha value is -2.10. The molecular formula is C18H23N3O. The topological polar surface area (TPSA) is 46.9 Å². The van der Waals surface area contributed by atoms with Crippen LogP contribution in [-0.2, 0) is 24.2 Å². The fourth-order valence-electron chi connectivity index (χ4n) is 3.15. The number of aromatic nitrogens is 2. The molecule has 0 aliphatic carbocycles. The maximum Gasteiger partial charge on any atom is 0.224 e. The van der Waals surface area contributed by atoms with Crippen LogP contribution < -0.4 is 5.32 Å². The second-order valence-corrected chi connectivity index (χ2v) is 6.36. The Balaban J connectivity index is 1.62. The first-order valence-corrected chi connectivity index (χ1v) is 7.89. The molecule has 1 N–H and O–H groups in total. The standard InChI is InChI=1S/C18H23N3O/c1-12-4-5-13(2)15(8-12)9-18(22)20-16-6-7-17-19-14(3)10-21(17)11-16/h4-5,8,10,16H,6-7,9,11H2,1-3H3,(H,20,22)/t16-/m1/s1. The van der Waals surface area contributed by atoms with E-state index in [1.54, 1.807) is 0 Å². The Labute approximate surface area is 131 Å². The molecule has 4 nitrogen and oxygen atoms in total. The molecule has 0 saturated heterocycles. The third kappa shape index (κ3) is 3.21. The summed E-state index contributed by atoms with van der Waals surface area (Å²) in [6.07, 6.45) is 4.43. The first-order valence-electron chi connectivity index (χ1n) is 7.89. The van der Waals surface area contributed by atoms with E-state index >= 15 is 0 Å². The van der Waals surface area contributed by atoms with E-state index in [0.29, 0.717) is 6.42 Å². The number of hydrogen-bond acceptors (Lipinski definition) is 2. The van der Waals surface area contributed by atoms with Gasteiger partial charge in [0.05, 0.1) is 12.1 Å². The van der Waals surface area contributed by atoms with Gasteiger partial charge in [-0.25, -0.2) is 4.98 Å². The fourth-order valence-corrected chi connectivity index (χ4v) is 3.15. The van der Waals surface area contributed by atoms with E-state index in [0.717, 1.165) is 36.5 Å². The summed E-state index contributed by atoms with van der Waals surface area (Å²) in [6, 6.07) is 6.48. The first kappa shape index (κ1) is 14.8. The van der Waals surface area contributed by atoms with Crippen molar-refractivity contribution in [3.63, 3.8) is 0 Å². The van der Waals surface area contributed by atoms with Gasteiger partial charge in [-0.3, -0.25) is 4.79 Å². The Bertz CT molecular complexity index is 702. The Morgan fingerprint density at radius 2 is 2.18 bits per heavy atom. The van der Waals surface area contributed by atoms with Gasteiger partial charge >= 0.3 is 0 Å². The lowest BCUT2D eigenvalue weighted by atomic mass is 10.0. The summed E-state index contributed by atoms with van der Waals surface area (Å²) >= 11 is 0. The van der Waals surface area contributed by atoms with E-state index in [1.807, 2.05) is 6.92 Å². The Morgan fingerprint density at radius 1 is 1.36 bits per heavy atom. The molecule has 1 aromatic heterocycles. The number of benzene rings is 1. The predicted molar refractivity (Wildman–Crippen MR) is 86.8 cm³/mol. The van der Waals surface area contributed by atoms with Crippen LogP contribution >= 0.6 is 0 Å². The zero-order chi connectivity index (χ0) is 15.7. The lowest BCUT2D eigenvalue weighted by Gasteiger charge is -2.24. The minimum atomic E-state index is 0.110. The van der Waals surface area contributed by atoms with Gasteiger partial charge in [-0.05, 0) is 38.3 Å². The highest BCUT2D eigenvalue weighted by Crippen LogP contribution is 2.16. The first-order chi connectivity index (χ1) is 10.5. The number of hydrogen-bond donors (Lipinski definition) is 1. The molecule has 22 heavy (non-hydrogen) atoms. The molecule has 1 aromatic carbocycles. The summed E-state index contributed by atoms with van der Waals surface area (Å²) in [4.78, 5) is 16.8. The predicted octanol–water partition coefficient (Wildman–Crippen LogP) is 2.48. The SMILES string of the molecule is Cc1ccc(C)c(CC(=O)N[C@@H]2CCc3nc(C)cn3C2)c1. The van der Waals surface area contributed by atoms with Gasteiger partial charge in [0.25, 0.3) is 0 Å². The third-order valence-electron chi connectivity index (χ3n) is 4.33. The highest BCUT2D eigenvalue weighted by Gasteiger charge is 2.21. The molecule has 0 fully saturated rings. The Kier molecular flexibility index (Phi) is 4.01. The largest absolute Gasteiger partial charge is 0.351 e. The minimum Gasteiger partial charge on any atom is -0.351 e. The summed E-state index contributed by atoms with van der Waals surface area (Å²) in [5, 5.41) is 3.18. The molecular weight excluding hydrogens is 274 g/mol. The lowest BCUT2D eigenvalue weighted by Crippen LogP contribution is -2.41. The van der Waals surface area contributed by atoms with Gasteiger partial charge in [-0.2, -0.15) is 0 Å². The van der Waals surface area contributed by atoms with Crippen molar-refractivity contribution in [3.8, 4) is 0 Å². The van der Waals surface area contributed by atoms with E-state index in [9.17, 15) is 4.79 Å². The van der Waals surface area contributed by atoms with E-state index in [1.165, 1.54) is 11.1 Å². The van der Waals surface area contributed by atoms with E-state index in [2.05, 4.69) is 53.1 Å². The molecule has 0 spiro atoms. The zero-order valence-electron chi connectivity index (χ0n) is 13.5. The molecule has 2 aromatic rings. The lowest BCUT2D eigenvalue weighted by molar-refractivity contribution is -0.121. The summed E-state index contributed by atoms with van der Waals surface area (Å²) in [6.45, 7) is 6.96. The van der Waals surface area contributed by atoms with Crippen LogP contribution in [0.1, 0.15) is 34.6 Å². The molecule has 116 valence electrons. The van der Waals surface area contributed by atoms with Gasteiger partial charge in [-0.1, -0.05) is 23.8 Å². The third-order valence-corrected chi connectivity index (χ3v) is 4.33. The number of rotatable bonds is 3. The van der Waals surface area contributed by atoms with E-state index in [-0.39, 0.29) is 11.9 Å². The molecule has 3 rings (SSSR count). The summed E-state index contributed by atoms with van der Waals surface area (Å²) < 4.78 is 2.17. The number of nitrogens with one attached hydrogen (secondary N) is 1. The van der Waals surface area contributed by atoms with Crippen LogP contribution in [0.25, 0.3) is 0 Å². The quantitative estimate of drug-likeness (QED) is 0.946. The van der Waals surface area contributed by atoms with Crippen LogP contribution in [0.4, 0.5) is 0 Å². The second-order valence-electron chi connectivity index (χ2n) is 6.36. The average molecular weight is 297 g/mol. The molecule has 1 atom stereocenters. The van der Waals surface area contributed by atoms with E-state index in [4.69, 9.17) is 0 Å². The van der Waals surface area contributed by atoms with Gasteiger partial charge in [0, 0.05) is 25.2 Å². The van der Waals surface area contributed by atoms with Crippen LogP contribution in [-0.4, -0.2) is 21.5 Å².